The van der Waals surface area contributed by atoms with Gasteiger partial charge in [0.25, 0.3) is 0 Å². The first kappa shape index (κ1) is 16.6. The molecule has 1 fully saturated rings. The van der Waals surface area contributed by atoms with Crippen molar-refractivity contribution in [3.05, 3.63) is 29.3 Å². The average molecular weight is 349 g/mol. The minimum atomic E-state index is -3.38. The molecule has 0 aromatic heterocycles. The van der Waals surface area contributed by atoms with Crippen LogP contribution in [0.25, 0.3) is 0 Å². The Balaban J connectivity index is 1.96. The minimum Gasteiger partial charge on any atom is -0.469 e. The second-order valence-electron chi connectivity index (χ2n) is 5.00. The summed E-state index contributed by atoms with van der Waals surface area (Å²) in [5.74, 6) is -0.288. The molecule has 116 valence electrons. The molecule has 0 spiro atoms. The molecule has 1 aromatic carbocycles. The molecule has 1 aliphatic carbocycles. The van der Waals surface area contributed by atoms with Crippen molar-refractivity contribution < 1.29 is 17.9 Å². The lowest BCUT2D eigenvalue weighted by atomic mass is 9.89. The smallest absolute Gasteiger partial charge is 0.308 e. The molecule has 0 bridgehead atoms. The fourth-order valence-electron chi connectivity index (χ4n) is 2.40. The molecule has 0 atom stereocenters. The highest BCUT2D eigenvalue weighted by atomic mass is 35.5. The lowest BCUT2D eigenvalue weighted by Gasteiger charge is -2.25. The molecule has 0 amide bonds. The largest absolute Gasteiger partial charge is 0.469 e. The van der Waals surface area contributed by atoms with E-state index in [0.717, 1.165) is 10.8 Å². The third-order valence-electron chi connectivity index (χ3n) is 3.57. The summed E-state index contributed by atoms with van der Waals surface area (Å²) in [6, 6.07) is 6.18. The van der Waals surface area contributed by atoms with Crippen LogP contribution < -0.4 is 0 Å². The quantitative estimate of drug-likeness (QED) is 0.615. The summed E-state index contributed by atoms with van der Waals surface area (Å²) in [6.45, 7) is 0. The zero-order valence-corrected chi connectivity index (χ0v) is 14.0. The Morgan fingerprint density at radius 1 is 1.19 bits per heavy atom. The van der Waals surface area contributed by atoms with E-state index in [9.17, 15) is 13.2 Å². The standard InChI is InChI=1S/C14H17ClO4S2/c1-19-14(16)10-2-6-12(7-3-10)20-21(17,18)13-8-4-11(15)5-9-13/h4-5,8-10,12H,2-3,6-7H2,1H3. The van der Waals surface area contributed by atoms with Crippen LogP contribution in [-0.2, 0) is 18.4 Å². The third kappa shape index (κ3) is 4.37. The van der Waals surface area contributed by atoms with Crippen molar-refractivity contribution in [1.29, 1.82) is 0 Å². The first-order valence-corrected chi connectivity index (χ1v) is 9.95. The van der Waals surface area contributed by atoms with Gasteiger partial charge in [-0.1, -0.05) is 11.6 Å². The van der Waals surface area contributed by atoms with Crippen LogP contribution in [0.5, 0.6) is 0 Å². The van der Waals surface area contributed by atoms with Crippen LogP contribution >= 0.6 is 22.4 Å². The number of hydrogen-bond acceptors (Lipinski definition) is 5. The van der Waals surface area contributed by atoms with E-state index in [1.54, 1.807) is 12.1 Å². The predicted octanol–water partition coefficient (Wildman–Crippen LogP) is 3.49. The lowest BCUT2D eigenvalue weighted by molar-refractivity contribution is -0.146. The highest BCUT2D eigenvalue weighted by Gasteiger charge is 2.30. The molecule has 0 heterocycles. The van der Waals surface area contributed by atoms with Crippen molar-refractivity contribution in [2.45, 2.75) is 35.8 Å². The number of hydrogen-bond donors (Lipinski definition) is 0. The van der Waals surface area contributed by atoms with Crippen LogP contribution in [0.2, 0.25) is 5.02 Å². The van der Waals surface area contributed by atoms with Gasteiger partial charge in [0.2, 0.25) is 8.87 Å². The Morgan fingerprint density at radius 3 is 2.29 bits per heavy atom. The molecule has 0 radical (unpaired) electrons. The van der Waals surface area contributed by atoms with E-state index in [1.165, 1.54) is 19.2 Å². The van der Waals surface area contributed by atoms with Gasteiger partial charge in [-0.25, -0.2) is 8.42 Å². The number of carbonyl (C=O) groups excluding carboxylic acids is 1. The zero-order chi connectivity index (χ0) is 15.5. The SMILES string of the molecule is COC(=O)C1CCC(SS(=O)(=O)c2ccc(Cl)cc2)CC1. The fraction of sp³-hybridized carbons (Fsp3) is 0.500. The van der Waals surface area contributed by atoms with Gasteiger partial charge in [0.1, 0.15) is 0 Å². The maximum Gasteiger partial charge on any atom is 0.308 e. The Hall–Kier alpha value is -0.720. The molecule has 0 saturated heterocycles. The van der Waals surface area contributed by atoms with Crippen molar-refractivity contribution in [2.24, 2.45) is 5.92 Å². The van der Waals surface area contributed by atoms with Crippen molar-refractivity contribution in [1.82, 2.24) is 0 Å². The van der Waals surface area contributed by atoms with E-state index < -0.39 is 8.87 Å². The van der Waals surface area contributed by atoms with Crippen LogP contribution in [-0.4, -0.2) is 26.7 Å². The molecule has 1 aromatic rings. The van der Waals surface area contributed by atoms with Crippen LogP contribution in [0.3, 0.4) is 0 Å². The summed E-state index contributed by atoms with van der Waals surface area (Å²) in [5, 5.41) is 0.532. The normalized spacial score (nSPS) is 22.8. The van der Waals surface area contributed by atoms with E-state index in [2.05, 4.69) is 0 Å². The van der Waals surface area contributed by atoms with Gasteiger partial charge in [-0.2, -0.15) is 0 Å². The second kappa shape index (κ2) is 7.03. The molecule has 1 saturated carbocycles. The van der Waals surface area contributed by atoms with E-state index in [-0.39, 0.29) is 22.0 Å². The highest BCUT2D eigenvalue weighted by Crippen LogP contribution is 2.37. The molecule has 0 aliphatic heterocycles. The van der Waals surface area contributed by atoms with E-state index >= 15 is 0 Å². The molecule has 2 rings (SSSR count). The summed E-state index contributed by atoms with van der Waals surface area (Å²) in [5.41, 5.74) is 0. The van der Waals surface area contributed by atoms with Crippen molar-refractivity contribution in [3.63, 3.8) is 0 Å². The Bertz CT molecular complexity index is 590. The van der Waals surface area contributed by atoms with Crippen LogP contribution in [0.1, 0.15) is 25.7 Å². The van der Waals surface area contributed by atoms with E-state index in [1.807, 2.05) is 0 Å². The molecular weight excluding hydrogens is 332 g/mol. The summed E-state index contributed by atoms with van der Waals surface area (Å²) in [6.07, 6.45) is 2.77. The second-order valence-corrected chi connectivity index (χ2v) is 9.57. The first-order chi connectivity index (χ1) is 9.92. The maximum absolute atomic E-state index is 12.3. The summed E-state index contributed by atoms with van der Waals surface area (Å²) < 4.78 is 29.4. The number of rotatable bonds is 4. The van der Waals surface area contributed by atoms with E-state index in [4.69, 9.17) is 16.3 Å². The first-order valence-electron chi connectivity index (χ1n) is 6.69. The van der Waals surface area contributed by atoms with Gasteiger partial charge in [-0.05, 0) is 60.7 Å². The minimum absolute atomic E-state index is 0.0200. The number of methoxy groups -OCH3 is 1. The summed E-state index contributed by atoms with van der Waals surface area (Å²) in [7, 11) is -1.01. The summed E-state index contributed by atoms with van der Waals surface area (Å²) in [4.78, 5) is 11.7. The number of ether oxygens (including phenoxy) is 1. The van der Waals surface area contributed by atoms with Crippen LogP contribution in [0, 0.1) is 5.92 Å². The zero-order valence-electron chi connectivity index (χ0n) is 11.6. The Labute approximate surface area is 133 Å². The van der Waals surface area contributed by atoms with Gasteiger partial charge < -0.3 is 4.74 Å². The van der Waals surface area contributed by atoms with Gasteiger partial charge in [0, 0.05) is 10.3 Å². The van der Waals surface area contributed by atoms with Crippen molar-refractivity contribution in [2.75, 3.05) is 7.11 Å². The van der Waals surface area contributed by atoms with Crippen molar-refractivity contribution >= 4 is 37.2 Å². The van der Waals surface area contributed by atoms with Crippen LogP contribution in [0.15, 0.2) is 29.2 Å². The molecule has 0 N–H and O–H groups in total. The topological polar surface area (TPSA) is 60.4 Å². The monoisotopic (exact) mass is 348 g/mol. The molecular formula is C14H17ClO4S2. The summed E-state index contributed by atoms with van der Waals surface area (Å²) >= 11 is 5.77. The molecule has 21 heavy (non-hydrogen) atoms. The molecule has 1 aliphatic rings. The lowest BCUT2D eigenvalue weighted by Crippen LogP contribution is -2.24. The third-order valence-corrected chi connectivity index (χ3v) is 7.83. The molecule has 4 nitrogen and oxygen atoms in total. The highest BCUT2D eigenvalue weighted by molar-refractivity contribution is 8.72. The fourth-order valence-corrected chi connectivity index (χ4v) is 6.25. The van der Waals surface area contributed by atoms with Crippen LogP contribution in [0.4, 0.5) is 0 Å². The molecule has 0 unspecified atom stereocenters. The predicted molar refractivity (Wildman–Crippen MR) is 84.0 cm³/mol. The molecule has 7 heteroatoms. The number of carbonyl (C=O) groups is 1. The van der Waals surface area contributed by atoms with E-state index in [0.29, 0.717) is 30.7 Å². The number of halogens is 1. The van der Waals surface area contributed by atoms with Gasteiger partial charge in [0.05, 0.1) is 17.9 Å². The number of esters is 1. The van der Waals surface area contributed by atoms with Gasteiger partial charge >= 0.3 is 5.97 Å². The van der Waals surface area contributed by atoms with Crippen molar-refractivity contribution in [3.8, 4) is 0 Å². The Morgan fingerprint density at radius 2 is 1.76 bits per heavy atom. The van der Waals surface area contributed by atoms with Gasteiger partial charge in [-0.15, -0.1) is 0 Å². The van der Waals surface area contributed by atoms with Gasteiger partial charge in [-0.3, -0.25) is 4.79 Å². The maximum atomic E-state index is 12.3. The Kier molecular flexibility index (Phi) is 5.57. The average Bonchev–Trinajstić information content (AvgIpc) is 2.47. The van der Waals surface area contributed by atoms with Gasteiger partial charge in [0.15, 0.2) is 0 Å². The number of benzene rings is 1.